The number of amides is 1. The molecule has 5 nitrogen and oxygen atoms in total. The molecular weight excluding hydrogens is 290 g/mol. The second-order valence-corrected chi connectivity index (χ2v) is 5.96. The fourth-order valence-corrected chi connectivity index (χ4v) is 2.33. The lowest BCUT2D eigenvalue weighted by molar-refractivity contribution is 0.0802. The first kappa shape index (κ1) is 16.3. The van der Waals surface area contributed by atoms with Crippen LogP contribution in [0.4, 0.5) is 8.78 Å². The minimum absolute atomic E-state index is 0.141. The van der Waals surface area contributed by atoms with Crippen LogP contribution in [0.25, 0.3) is 0 Å². The fourth-order valence-electron chi connectivity index (χ4n) is 1.61. The Morgan fingerprint density at radius 2 is 1.85 bits per heavy atom. The highest BCUT2D eigenvalue weighted by molar-refractivity contribution is 7.89. The maximum atomic E-state index is 13.2. The molecule has 1 rings (SSSR count). The summed E-state index contributed by atoms with van der Waals surface area (Å²) in [7, 11) is -2.98. The average molecular weight is 304 g/mol. The Morgan fingerprint density at radius 1 is 1.35 bits per heavy atom. The molecule has 0 aliphatic heterocycles. The second kappa shape index (κ2) is 5.68. The van der Waals surface area contributed by atoms with E-state index in [4.69, 9.17) is 5.14 Å². The van der Waals surface area contributed by atoms with E-state index >= 15 is 0 Å². The zero-order chi connectivity index (χ0) is 15.7. The van der Waals surface area contributed by atoms with Crippen LogP contribution in [0.5, 0.6) is 0 Å². The Morgan fingerprint density at radius 3 is 2.30 bits per heavy atom. The van der Waals surface area contributed by atoms with Gasteiger partial charge in [-0.05, 0) is 19.1 Å². The molecule has 0 unspecified atom stereocenters. The van der Waals surface area contributed by atoms with E-state index in [-0.39, 0.29) is 6.54 Å². The monoisotopic (exact) mass is 304 g/mol. The van der Waals surface area contributed by atoms with Gasteiger partial charge in [-0.2, -0.15) is 0 Å². The minimum Gasteiger partial charge on any atom is -0.338 e. The summed E-state index contributed by atoms with van der Waals surface area (Å²) in [5.41, 5.74) is 0.121. The molecule has 1 amide bonds. The maximum absolute atomic E-state index is 13.2. The summed E-state index contributed by atoms with van der Waals surface area (Å²) in [6.07, 6.45) is 0. The highest BCUT2D eigenvalue weighted by atomic mass is 32.2. The van der Waals surface area contributed by atoms with Gasteiger partial charge in [0.2, 0.25) is 10.0 Å². The third-order valence-electron chi connectivity index (χ3n) is 2.41. The van der Waals surface area contributed by atoms with Gasteiger partial charge in [0.1, 0.15) is 0 Å². The molecule has 0 heterocycles. The number of rotatable bonds is 4. The van der Waals surface area contributed by atoms with Crippen molar-refractivity contribution in [2.45, 2.75) is 11.8 Å². The van der Waals surface area contributed by atoms with E-state index in [2.05, 4.69) is 6.58 Å². The first-order valence-corrected chi connectivity index (χ1v) is 7.00. The van der Waals surface area contributed by atoms with E-state index < -0.39 is 38.0 Å². The number of hydrogen-bond donors (Lipinski definition) is 1. The normalized spacial score (nSPS) is 11.2. The number of benzene rings is 1. The number of carbonyl (C=O) groups excluding carboxylic acids is 1. The molecule has 0 aliphatic carbocycles. The van der Waals surface area contributed by atoms with Crippen LogP contribution in [0.1, 0.15) is 17.3 Å². The van der Waals surface area contributed by atoms with Gasteiger partial charge in [-0.25, -0.2) is 22.3 Å². The molecule has 0 fully saturated rings. The Kier molecular flexibility index (Phi) is 4.61. The Bertz CT molecular complexity index is 672. The van der Waals surface area contributed by atoms with Gasteiger partial charge in [0.05, 0.1) is 10.5 Å². The number of hydrogen-bond acceptors (Lipinski definition) is 3. The molecule has 0 bridgehead atoms. The molecule has 0 spiro atoms. The molecule has 0 saturated carbocycles. The summed E-state index contributed by atoms with van der Waals surface area (Å²) < 4.78 is 49.1. The zero-order valence-corrected chi connectivity index (χ0v) is 11.8. The molecule has 110 valence electrons. The van der Waals surface area contributed by atoms with Gasteiger partial charge >= 0.3 is 0 Å². The number of halogens is 2. The standard InChI is InChI=1S/C12H14F2N2O3S/c1-7(2)6-16(3)12(17)8-4-9(13)10(14)5-11(8)20(15,18)19/h4-5H,1,6H2,2-3H3,(H2,15,18,19). The van der Waals surface area contributed by atoms with Crippen molar-refractivity contribution in [3.8, 4) is 0 Å². The fraction of sp³-hybridized carbons (Fsp3) is 0.250. The van der Waals surface area contributed by atoms with Gasteiger partial charge in [-0.3, -0.25) is 4.79 Å². The van der Waals surface area contributed by atoms with E-state index in [0.717, 1.165) is 4.90 Å². The third kappa shape index (κ3) is 3.61. The van der Waals surface area contributed by atoms with Crippen LogP contribution >= 0.6 is 0 Å². The van der Waals surface area contributed by atoms with Crippen LogP contribution in [-0.2, 0) is 10.0 Å². The predicted octanol–water partition coefficient (Wildman–Crippen LogP) is 1.26. The molecule has 0 aromatic heterocycles. The SMILES string of the molecule is C=C(C)CN(C)C(=O)c1cc(F)c(F)cc1S(N)(=O)=O. The average Bonchev–Trinajstić information content (AvgIpc) is 2.28. The first-order valence-electron chi connectivity index (χ1n) is 5.45. The number of sulfonamides is 1. The van der Waals surface area contributed by atoms with E-state index in [0.29, 0.717) is 17.7 Å². The van der Waals surface area contributed by atoms with Crippen molar-refractivity contribution < 1.29 is 22.0 Å². The van der Waals surface area contributed by atoms with Crippen LogP contribution in [0.3, 0.4) is 0 Å². The van der Waals surface area contributed by atoms with Crippen LogP contribution in [0.15, 0.2) is 29.2 Å². The summed E-state index contributed by atoms with van der Waals surface area (Å²) in [6.45, 7) is 5.41. The highest BCUT2D eigenvalue weighted by Gasteiger charge is 2.24. The molecule has 0 radical (unpaired) electrons. The maximum Gasteiger partial charge on any atom is 0.255 e. The quantitative estimate of drug-likeness (QED) is 0.850. The molecule has 1 aromatic carbocycles. The molecule has 2 N–H and O–H groups in total. The molecule has 0 atom stereocenters. The Hall–Kier alpha value is -1.80. The van der Waals surface area contributed by atoms with Gasteiger partial charge in [0.25, 0.3) is 5.91 Å². The van der Waals surface area contributed by atoms with E-state index in [1.807, 2.05) is 0 Å². The van der Waals surface area contributed by atoms with Gasteiger partial charge in [-0.1, -0.05) is 12.2 Å². The molecule has 8 heteroatoms. The van der Waals surface area contributed by atoms with E-state index in [9.17, 15) is 22.0 Å². The number of primary sulfonamides is 1. The summed E-state index contributed by atoms with van der Waals surface area (Å²) in [5.74, 6) is -3.52. The molecule has 0 aliphatic rings. The number of nitrogens with zero attached hydrogens (tertiary/aromatic N) is 1. The summed E-state index contributed by atoms with van der Waals surface area (Å²) in [5, 5.41) is 4.91. The van der Waals surface area contributed by atoms with Gasteiger partial charge in [0, 0.05) is 13.6 Å². The molecular formula is C12H14F2N2O3S. The molecule has 0 saturated heterocycles. The van der Waals surface area contributed by atoms with Crippen LogP contribution in [-0.4, -0.2) is 32.8 Å². The molecule has 20 heavy (non-hydrogen) atoms. The first-order chi connectivity index (χ1) is 9.04. The lowest BCUT2D eigenvalue weighted by atomic mass is 10.1. The number of nitrogens with two attached hydrogens (primary N) is 1. The lowest BCUT2D eigenvalue weighted by Gasteiger charge is -2.18. The van der Waals surface area contributed by atoms with Crippen molar-refractivity contribution in [3.05, 3.63) is 41.5 Å². The van der Waals surface area contributed by atoms with Crippen molar-refractivity contribution in [2.24, 2.45) is 5.14 Å². The molecule has 1 aromatic rings. The summed E-state index contributed by atoms with van der Waals surface area (Å²) in [6, 6.07) is 0.916. The van der Waals surface area contributed by atoms with E-state index in [1.54, 1.807) is 6.92 Å². The van der Waals surface area contributed by atoms with Crippen LogP contribution in [0.2, 0.25) is 0 Å². The van der Waals surface area contributed by atoms with Crippen LogP contribution < -0.4 is 5.14 Å². The van der Waals surface area contributed by atoms with Crippen molar-refractivity contribution in [1.29, 1.82) is 0 Å². The predicted molar refractivity (Wildman–Crippen MR) is 69.5 cm³/mol. The van der Waals surface area contributed by atoms with Crippen molar-refractivity contribution in [2.75, 3.05) is 13.6 Å². The Labute approximate surface area is 115 Å². The number of carbonyl (C=O) groups is 1. The third-order valence-corrected chi connectivity index (χ3v) is 3.36. The highest BCUT2D eigenvalue weighted by Crippen LogP contribution is 2.20. The topological polar surface area (TPSA) is 80.5 Å². The summed E-state index contributed by atoms with van der Waals surface area (Å²) >= 11 is 0. The minimum atomic E-state index is -4.36. The van der Waals surface area contributed by atoms with Crippen molar-refractivity contribution in [3.63, 3.8) is 0 Å². The van der Waals surface area contributed by atoms with Gasteiger partial charge in [0.15, 0.2) is 11.6 Å². The second-order valence-electron chi connectivity index (χ2n) is 4.43. The smallest absolute Gasteiger partial charge is 0.255 e. The largest absolute Gasteiger partial charge is 0.338 e. The van der Waals surface area contributed by atoms with Gasteiger partial charge < -0.3 is 4.90 Å². The van der Waals surface area contributed by atoms with Crippen molar-refractivity contribution >= 4 is 15.9 Å². The lowest BCUT2D eigenvalue weighted by Crippen LogP contribution is -2.30. The van der Waals surface area contributed by atoms with Gasteiger partial charge in [-0.15, -0.1) is 0 Å². The zero-order valence-electron chi connectivity index (χ0n) is 11.0. The number of likely N-dealkylation sites (N-methyl/N-ethyl adjacent to an activating group) is 1. The van der Waals surface area contributed by atoms with Crippen LogP contribution in [0, 0.1) is 11.6 Å². The Balaban J connectivity index is 3.40. The van der Waals surface area contributed by atoms with Crippen molar-refractivity contribution in [1.82, 2.24) is 4.90 Å². The summed E-state index contributed by atoms with van der Waals surface area (Å²) in [4.78, 5) is 12.5. The van der Waals surface area contributed by atoms with E-state index in [1.165, 1.54) is 7.05 Å².